The molecule has 0 amide bonds. The Labute approximate surface area is 223 Å². The molecule has 4 rings (SSSR count). The van der Waals surface area contributed by atoms with Crippen LogP contribution in [0.25, 0.3) is 22.3 Å². The number of hydrogen-bond acceptors (Lipinski definition) is 3. The van der Waals surface area contributed by atoms with Gasteiger partial charge in [-0.25, -0.2) is 8.78 Å². The molecule has 1 aliphatic rings. The summed E-state index contributed by atoms with van der Waals surface area (Å²) in [4.78, 5) is 0. The molecule has 1 aliphatic heterocycles. The van der Waals surface area contributed by atoms with Gasteiger partial charge in [-0.05, 0) is 53.3 Å². The first-order chi connectivity index (χ1) is 18.5. The highest BCUT2D eigenvalue weighted by Gasteiger charge is 2.25. The molecule has 1 heterocycles. The summed E-state index contributed by atoms with van der Waals surface area (Å²) in [5, 5.41) is 0. The van der Waals surface area contributed by atoms with E-state index in [1.807, 2.05) is 6.07 Å². The highest BCUT2D eigenvalue weighted by molar-refractivity contribution is 5.71. The molecule has 1 saturated heterocycles. The Morgan fingerprint density at radius 3 is 2.21 bits per heavy atom. The van der Waals surface area contributed by atoms with Gasteiger partial charge in [-0.2, -0.15) is 4.39 Å². The van der Waals surface area contributed by atoms with Gasteiger partial charge in [-0.15, -0.1) is 0 Å². The van der Waals surface area contributed by atoms with Crippen LogP contribution >= 0.6 is 0 Å². The predicted octanol–water partition coefficient (Wildman–Crippen LogP) is 8.82. The lowest BCUT2D eigenvalue weighted by atomic mass is 9.95. The standard InChI is InChI=1S/C32H35F3O3/c1-3-5-6-7-8-9-30-37-20-25(21-38-30)26-15-14-24(19-28(26)33)22-10-12-23(13-11-22)27-16-17-29(36-18-4-2)32(35)31(27)34/h4,10-17,19,25,30H,2-3,5-9,18,20-21H2,1H3. The molecule has 0 spiro atoms. The van der Waals surface area contributed by atoms with E-state index < -0.39 is 11.6 Å². The monoisotopic (exact) mass is 524 g/mol. The zero-order valence-electron chi connectivity index (χ0n) is 21.9. The van der Waals surface area contributed by atoms with E-state index >= 15 is 4.39 Å². The van der Waals surface area contributed by atoms with Gasteiger partial charge in [0.2, 0.25) is 5.82 Å². The molecule has 3 aromatic carbocycles. The molecule has 0 N–H and O–H groups in total. The van der Waals surface area contributed by atoms with Crippen LogP contribution in [0, 0.1) is 17.5 Å². The molecule has 6 heteroatoms. The van der Waals surface area contributed by atoms with E-state index in [2.05, 4.69) is 13.5 Å². The lowest BCUT2D eigenvalue weighted by Crippen LogP contribution is -2.31. The van der Waals surface area contributed by atoms with Crippen molar-refractivity contribution in [3.05, 3.63) is 90.3 Å². The average molecular weight is 525 g/mol. The number of hydrogen-bond donors (Lipinski definition) is 0. The van der Waals surface area contributed by atoms with Gasteiger partial charge in [0.25, 0.3) is 0 Å². The summed E-state index contributed by atoms with van der Waals surface area (Å²) in [6.45, 7) is 6.65. The molecule has 0 unspecified atom stereocenters. The van der Waals surface area contributed by atoms with Crippen LogP contribution < -0.4 is 4.74 Å². The first-order valence-corrected chi connectivity index (χ1v) is 13.4. The third-order valence-corrected chi connectivity index (χ3v) is 6.88. The number of rotatable bonds is 12. The van der Waals surface area contributed by atoms with Crippen LogP contribution in [0.2, 0.25) is 0 Å². The molecule has 0 aromatic heterocycles. The van der Waals surface area contributed by atoms with Gasteiger partial charge in [-0.1, -0.05) is 81.7 Å². The molecular weight excluding hydrogens is 489 g/mol. The predicted molar refractivity (Wildman–Crippen MR) is 145 cm³/mol. The SMILES string of the molecule is C=CCOc1ccc(-c2ccc(-c3ccc(C4COC(CCCCCCC)OC4)c(F)c3)cc2)c(F)c1F. The second kappa shape index (κ2) is 13.6. The third-order valence-electron chi connectivity index (χ3n) is 6.88. The molecule has 38 heavy (non-hydrogen) atoms. The Bertz CT molecular complexity index is 1200. The lowest BCUT2D eigenvalue weighted by molar-refractivity contribution is -0.190. The smallest absolute Gasteiger partial charge is 0.201 e. The average Bonchev–Trinajstić information content (AvgIpc) is 2.94. The van der Waals surface area contributed by atoms with E-state index in [1.54, 1.807) is 30.3 Å². The first-order valence-electron chi connectivity index (χ1n) is 13.4. The Morgan fingerprint density at radius 1 is 0.842 bits per heavy atom. The van der Waals surface area contributed by atoms with Crippen molar-refractivity contribution in [2.45, 2.75) is 57.7 Å². The fourth-order valence-electron chi connectivity index (χ4n) is 4.70. The van der Waals surface area contributed by atoms with Gasteiger partial charge >= 0.3 is 0 Å². The van der Waals surface area contributed by atoms with E-state index in [-0.39, 0.29) is 35.9 Å². The molecule has 1 fully saturated rings. The Balaban J connectivity index is 1.38. The van der Waals surface area contributed by atoms with Crippen LogP contribution in [0.15, 0.2) is 67.3 Å². The topological polar surface area (TPSA) is 27.7 Å². The van der Waals surface area contributed by atoms with Gasteiger partial charge < -0.3 is 14.2 Å². The fourth-order valence-corrected chi connectivity index (χ4v) is 4.70. The van der Waals surface area contributed by atoms with Crippen molar-refractivity contribution in [2.24, 2.45) is 0 Å². The number of unbranched alkanes of at least 4 members (excludes halogenated alkanes) is 4. The Kier molecular flexibility index (Phi) is 10.0. The maximum atomic E-state index is 15.1. The quantitative estimate of drug-likeness (QED) is 0.175. The van der Waals surface area contributed by atoms with Gasteiger partial charge in [-0.3, -0.25) is 0 Å². The number of halogens is 3. The van der Waals surface area contributed by atoms with Crippen LogP contribution in [0.5, 0.6) is 5.75 Å². The normalized spacial score (nSPS) is 17.4. The molecular formula is C32H35F3O3. The third kappa shape index (κ3) is 6.86. The second-order valence-corrected chi connectivity index (χ2v) is 9.65. The molecule has 0 bridgehead atoms. The lowest BCUT2D eigenvalue weighted by Gasteiger charge is -2.30. The van der Waals surface area contributed by atoms with E-state index in [0.29, 0.717) is 29.9 Å². The van der Waals surface area contributed by atoms with Crippen LogP contribution in [-0.4, -0.2) is 26.1 Å². The van der Waals surface area contributed by atoms with Crippen molar-refractivity contribution in [1.82, 2.24) is 0 Å². The zero-order valence-corrected chi connectivity index (χ0v) is 21.9. The maximum Gasteiger partial charge on any atom is 0.201 e. The summed E-state index contributed by atoms with van der Waals surface area (Å²) in [5.41, 5.74) is 2.67. The molecule has 202 valence electrons. The molecule has 0 atom stereocenters. The van der Waals surface area contributed by atoms with Crippen molar-refractivity contribution in [2.75, 3.05) is 19.8 Å². The summed E-state index contributed by atoms with van der Waals surface area (Å²) >= 11 is 0. The Hall–Kier alpha value is -3.09. The molecule has 0 radical (unpaired) electrons. The summed E-state index contributed by atoms with van der Waals surface area (Å²) < 4.78 is 61.0. The summed E-state index contributed by atoms with van der Waals surface area (Å²) in [6, 6.07) is 14.9. The molecule has 0 saturated carbocycles. The zero-order chi connectivity index (χ0) is 26.9. The minimum Gasteiger partial charge on any atom is -0.486 e. The first kappa shape index (κ1) is 27.9. The fraction of sp³-hybridized carbons (Fsp3) is 0.375. The van der Waals surface area contributed by atoms with Crippen molar-refractivity contribution in [1.29, 1.82) is 0 Å². The molecule has 3 nitrogen and oxygen atoms in total. The number of ether oxygens (including phenoxy) is 3. The van der Waals surface area contributed by atoms with Crippen molar-refractivity contribution < 1.29 is 27.4 Å². The van der Waals surface area contributed by atoms with Crippen molar-refractivity contribution in [3.63, 3.8) is 0 Å². The Morgan fingerprint density at radius 2 is 1.53 bits per heavy atom. The second-order valence-electron chi connectivity index (χ2n) is 9.65. The van der Waals surface area contributed by atoms with E-state index in [0.717, 1.165) is 18.4 Å². The van der Waals surface area contributed by atoms with Crippen LogP contribution in [0.4, 0.5) is 13.2 Å². The molecule has 0 aliphatic carbocycles. The largest absolute Gasteiger partial charge is 0.486 e. The summed E-state index contributed by atoms with van der Waals surface area (Å²) in [7, 11) is 0. The summed E-state index contributed by atoms with van der Waals surface area (Å²) in [6.07, 6.45) is 8.10. The van der Waals surface area contributed by atoms with Gasteiger partial charge in [0, 0.05) is 11.5 Å². The molecule has 3 aromatic rings. The van der Waals surface area contributed by atoms with Gasteiger partial charge in [0.15, 0.2) is 17.9 Å². The summed E-state index contributed by atoms with van der Waals surface area (Å²) in [5.74, 6) is -2.65. The van der Waals surface area contributed by atoms with E-state index in [9.17, 15) is 8.78 Å². The van der Waals surface area contributed by atoms with Crippen molar-refractivity contribution in [3.8, 4) is 28.0 Å². The van der Waals surface area contributed by atoms with E-state index in [4.69, 9.17) is 14.2 Å². The van der Waals surface area contributed by atoms with Crippen LogP contribution in [0.1, 0.15) is 56.9 Å². The highest BCUT2D eigenvalue weighted by atomic mass is 19.2. The van der Waals surface area contributed by atoms with Crippen LogP contribution in [0.3, 0.4) is 0 Å². The van der Waals surface area contributed by atoms with Crippen molar-refractivity contribution >= 4 is 0 Å². The van der Waals surface area contributed by atoms with Gasteiger partial charge in [0.05, 0.1) is 13.2 Å². The minimum atomic E-state index is -1.04. The number of benzene rings is 3. The van der Waals surface area contributed by atoms with Gasteiger partial charge in [0.1, 0.15) is 12.4 Å². The highest BCUT2D eigenvalue weighted by Crippen LogP contribution is 2.33. The maximum absolute atomic E-state index is 15.1. The van der Waals surface area contributed by atoms with E-state index in [1.165, 1.54) is 50.0 Å². The van der Waals surface area contributed by atoms with Crippen LogP contribution in [-0.2, 0) is 9.47 Å². The minimum absolute atomic E-state index is 0.0836.